The molecule has 2 aromatic rings. The van der Waals surface area contributed by atoms with E-state index in [2.05, 4.69) is 21.2 Å². The standard InChI is InChI=1S/C16H16BrNO4S/c1-8-6-13(23-9(8)2)15(19)18-14(16(20)21)10-4-5-12(22-3)11(17)7-10/h4-7,14H,1-3H3,(H,18,19)(H,20,21). The van der Waals surface area contributed by atoms with Crippen LogP contribution in [-0.2, 0) is 4.79 Å². The zero-order chi connectivity index (χ0) is 17.1. The number of hydrogen-bond donors (Lipinski definition) is 2. The quantitative estimate of drug-likeness (QED) is 0.806. The first-order valence-electron chi connectivity index (χ1n) is 6.77. The average Bonchev–Trinajstić information content (AvgIpc) is 2.84. The molecule has 1 unspecified atom stereocenters. The van der Waals surface area contributed by atoms with Gasteiger partial charge in [-0.2, -0.15) is 0 Å². The van der Waals surface area contributed by atoms with Gasteiger partial charge in [0.05, 0.1) is 16.5 Å². The fourth-order valence-corrected chi connectivity index (χ4v) is 3.53. The van der Waals surface area contributed by atoms with Gasteiger partial charge in [-0.15, -0.1) is 11.3 Å². The zero-order valence-corrected chi connectivity index (χ0v) is 15.2. The zero-order valence-electron chi connectivity index (χ0n) is 12.8. The molecular formula is C16H16BrNO4S. The first kappa shape index (κ1) is 17.5. The predicted molar refractivity (Wildman–Crippen MR) is 92.3 cm³/mol. The van der Waals surface area contributed by atoms with Crippen LogP contribution >= 0.6 is 27.3 Å². The highest BCUT2D eigenvalue weighted by molar-refractivity contribution is 9.10. The largest absolute Gasteiger partial charge is 0.496 e. The number of carboxylic acids is 1. The van der Waals surface area contributed by atoms with Crippen LogP contribution in [0.3, 0.4) is 0 Å². The molecule has 0 fully saturated rings. The van der Waals surface area contributed by atoms with Gasteiger partial charge in [-0.3, -0.25) is 4.79 Å². The number of carbonyl (C=O) groups excluding carboxylic acids is 1. The summed E-state index contributed by atoms with van der Waals surface area (Å²) in [6.45, 7) is 3.84. The number of carboxylic acid groups (broad SMARTS) is 1. The molecule has 0 aliphatic heterocycles. The van der Waals surface area contributed by atoms with Crippen molar-refractivity contribution in [3.05, 3.63) is 49.6 Å². The van der Waals surface area contributed by atoms with E-state index in [0.717, 1.165) is 10.4 Å². The Hall–Kier alpha value is -1.86. The average molecular weight is 398 g/mol. The van der Waals surface area contributed by atoms with Crippen LogP contribution in [-0.4, -0.2) is 24.1 Å². The highest BCUT2D eigenvalue weighted by Crippen LogP contribution is 2.29. The molecule has 0 saturated carbocycles. The molecule has 1 aromatic carbocycles. The van der Waals surface area contributed by atoms with Crippen LogP contribution in [0, 0.1) is 13.8 Å². The fourth-order valence-electron chi connectivity index (χ4n) is 2.04. The molecule has 1 heterocycles. The number of carbonyl (C=O) groups is 2. The molecule has 7 heteroatoms. The molecule has 0 spiro atoms. The van der Waals surface area contributed by atoms with Crippen molar-refractivity contribution in [3.8, 4) is 5.75 Å². The summed E-state index contributed by atoms with van der Waals surface area (Å²) in [5.74, 6) is -0.931. The lowest BCUT2D eigenvalue weighted by Gasteiger charge is -2.15. The minimum absolute atomic E-state index is 0.398. The molecule has 1 aromatic heterocycles. The van der Waals surface area contributed by atoms with E-state index in [-0.39, 0.29) is 0 Å². The van der Waals surface area contributed by atoms with E-state index in [0.29, 0.717) is 20.7 Å². The van der Waals surface area contributed by atoms with Crippen molar-refractivity contribution < 1.29 is 19.4 Å². The number of nitrogens with one attached hydrogen (secondary N) is 1. The molecule has 5 nitrogen and oxygen atoms in total. The van der Waals surface area contributed by atoms with Crippen LogP contribution < -0.4 is 10.1 Å². The maximum Gasteiger partial charge on any atom is 0.330 e. The summed E-state index contributed by atoms with van der Waals surface area (Å²) in [4.78, 5) is 25.4. The van der Waals surface area contributed by atoms with Crippen LogP contribution in [0.4, 0.5) is 0 Å². The van der Waals surface area contributed by atoms with Crippen molar-refractivity contribution >= 4 is 39.1 Å². The second kappa shape index (κ2) is 7.14. The number of aryl methyl sites for hydroxylation is 2. The number of aliphatic carboxylic acids is 1. The van der Waals surface area contributed by atoms with Gasteiger partial charge in [0.2, 0.25) is 0 Å². The summed E-state index contributed by atoms with van der Waals surface area (Å²) in [5, 5.41) is 12.0. The monoisotopic (exact) mass is 397 g/mol. The number of methoxy groups -OCH3 is 1. The summed E-state index contributed by atoms with van der Waals surface area (Å²) in [6.07, 6.45) is 0. The number of amides is 1. The second-order valence-electron chi connectivity index (χ2n) is 4.99. The van der Waals surface area contributed by atoms with E-state index in [1.54, 1.807) is 24.3 Å². The summed E-state index contributed by atoms with van der Waals surface area (Å²) in [6, 6.07) is 5.53. The Balaban J connectivity index is 2.27. The smallest absolute Gasteiger partial charge is 0.330 e. The van der Waals surface area contributed by atoms with Crippen molar-refractivity contribution in [2.75, 3.05) is 7.11 Å². The molecular weight excluding hydrogens is 382 g/mol. The van der Waals surface area contributed by atoms with Crippen molar-refractivity contribution in [3.63, 3.8) is 0 Å². The van der Waals surface area contributed by atoms with E-state index < -0.39 is 17.9 Å². The maximum atomic E-state index is 12.3. The van der Waals surface area contributed by atoms with Gasteiger partial charge in [-0.05, 0) is 59.1 Å². The summed E-state index contributed by atoms with van der Waals surface area (Å²) in [7, 11) is 1.53. The summed E-state index contributed by atoms with van der Waals surface area (Å²) in [5.41, 5.74) is 1.47. The van der Waals surface area contributed by atoms with Crippen molar-refractivity contribution in [2.45, 2.75) is 19.9 Å². The van der Waals surface area contributed by atoms with Gasteiger partial charge >= 0.3 is 5.97 Å². The van der Waals surface area contributed by atoms with Gasteiger partial charge in [0.25, 0.3) is 5.91 Å². The Morgan fingerprint density at radius 2 is 2.00 bits per heavy atom. The number of halogens is 1. The van der Waals surface area contributed by atoms with Crippen molar-refractivity contribution in [1.82, 2.24) is 5.32 Å². The molecule has 2 rings (SSSR count). The topological polar surface area (TPSA) is 75.6 Å². The molecule has 122 valence electrons. The lowest BCUT2D eigenvalue weighted by molar-refractivity contribution is -0.139. The molecule has 1 amide bonds. The number of rotatable bonds is 5. The van der Waals surface area contributed by atoms with E-state index in [1.807, 2.05) is 13.8 Å². The summed E-state index contributed by atoms with van der Waals surface area (Å²) < 4.78 is 5.75. The molecule has 1 atom stereocenters. The number of benzene rings is 1. The molecule has 2 N–H and O–H groups in total. The van der Waals surface area contributed by atoms with Gasteiger partial charge in [-0.1, -0.05) is 6.07 Å². The van der Waals surface area contributed by atoms with E-state index in [9.17, 15) is 14.7 Å². The second-order valence-corrected chi connectivity index (χ2v) is 7.10. The predicted octanol–water partition coefficient (Wildman–Crippen LogP) is 3.69. The molecule has 23 heavy (non-hydrogen) atoms. The van der Waals surface area contributed by atoms with E-state index in [4.69, 9.17) is 4.74 Å². The highest BCUT2D eigenvalue weighted by atomic mass is 79.9. The lowest BCUT2D eigenvalue weighted by atomic mass is 10.1. The minimum atomic E-state index is -1.13. The molecule has 0 bridgehead atoms. The Morgan fingerprint density at radius 1 is 1.30 bits per heavy atom. The fraction of sp³-hybridized carbons (Fsp3) is 0.250. The molecule has 0 aliphatic carbocycles. The SMILES string of the molecule is COc1ccc(C(NC(=O)c2cc(C)c(C)s2)C(=O)O)cc1Br. The third-order valence-electron chi connectivity index (χ3n) is 3.42. The third kappa shape index (κ3) is 3.92. The number of hydrogen-bond acceptors (Lipinski definition) is 4. The molecule has 0 aliphatic rings. The molecule has 0 radical (unpaired) electrons. The Kier molecular flexibility index (Phi) is 5.43. The Bertz CT molecular complexity index is 737. The van der Waals surface area contributed by atoms with Gasteiger partial charge < -0.3 is 15.2 Å². The normalized spacial score (nSPS) is 11.8. The van der Waals surface area contributed by atoms with Gasteiger partial charge in [0, 0.05) is 4.88 Å². The van der Waals surface area contributed by atoms with Crippen LogP contribution in [0.5, 0.6) is 5.75 Å². The number of thiophene rings is 1. The summed E-state index contributed by atoms with van der Waals surface area (Å²) >= 11 is 4.67. The van der Waals surface area contributed by atoms with Gasteiger partial charge in [0.15, 0.2) is 6.04 Å². The number of ether oxygens (including phenoxy) is 1. The van der Waals surface area contributed by atoms with Gasteiger partial charge in [-0.25, -0.2) is 4.79 Å². The maximum absolute atomic E-state index is 12.3. The first-order chi connectivity index (χ1) is 10.8. The van der Waals surface area contributed by atoms with E-state index in [1.165, 1.54) is 18.4 Å². The minimum Gasteiger partial charge on any atom is -0.496 e. The van der Waals surface area contributed by atoms with Crippen LogP contribution in [0.2, 0.25) is 0 Å². The Labute approximate surface area is 146 Å². The third-order valence-corrected chi connectivity index (χ3v) is 5.19. The lowest BCUT2D eigenvalue weighted by Crippen LogP contribution is -2.33. The van der Waals surface area contributed by atoms with Gasteiger partial charge in [0.1, 0.15) is 5.75 Å². The van der Waals surface area contributed by atoms with Crippen molar-refractivity contribution in [2.24, 2.45) is 0 Å². The van der Waals surface area contributed by atoms with Crippen molar-refractivity contribution in [1.29, 1.82) is 0 Å². The van der Waals surface area contributed by atoms with E-state index >= 15 is 0 Å². The van der Waals surface area contributed by atoms with Crippen LogP contribution in [0.15, 0.2) is 28.7 Å². The molecule has 0 saturated heterocycles. The van der Waals surface area contributed by atoms with Crippen LogP contribution in [0.25, 0.3) is 0 Å². The van der Waals surface area contributed by atoms with Crippen LogP contribution in [0.1, 0.15) is 31.7 Å². The first-order valence-corrected chi connectivity index (χ1v) is 8.38. The Morgan fingerprint density at radius 3 is 2.48 bits per heavy atom. The highest BCUT2D eigenvalue weighted by Gasteiger charge is 2.24.